The third-order valence-corrected chi connectivity index (χ3v) is 6.13. The zero-order valence-electron chi connectivity index (χ0n) is 15.9. The third-order valence-electron chi connectivity index (χ3n) is 4.96. The summed E-state index contributed by atoms with van der Waals surface area (Å²) in [5.41, 5.74) is 2.26. The van der Waals surface area contributed by atoms with Gasteiger partial charge in [0.05, 0.1) is 31.1 Å². The number of nitrogens with zero attached hydrogens (tertiary/aromatic N) is 2. The van der Waals surface area contributed by atoms with Crippen LogP contribution in [0.1, 0.15) is 0 Å². The summed E-state index contributed by atoms with van der Waals surface area (Å²) in [4.78, 5) is 0. The number of hydrogen-bond donors (Lipinski definition) is 1. The Hall–Kier alpha value is -2.90. The van der Waals surface area contributed by atoms with Crippen LogP contribution in [0.3, 0.4) is 0 Å². The summed E-state index contributed by atoms with van der Waals surface area (Å²) in [6.45, 7) is 0.0898. The maximum absolute atomic E-state index is 13.2. The predicted octanol–water partition coefficient (Wildman–Crippen LogP) is 3.76. The van der Waals surface area contributed by atoms with E-state index in [1.807, 2.05) is 53.1 Å². The average molecular weight is 412 g/mol. The normalized spacial score (nSPS) is 13.1. The molecule has 4 rings (SSSR count). The van der Waals surface area contributed by atoms with Crippen LogP contribution in [-0.2, 0) is 16.6 Å². The van der Waals surface area contributed by atoms with Gasteiger partial charge in [-0.05, 0) is 36.4 Å². The van der Waals surface area contributed by atoms with E-state index in [0.717, 1.165) is 32.4 Å². The van der Waals surface area contributed by atoms with Crippen molar-refractivity contribution < 1.29 is 17.9 Å². The van der Waals surface area contributed by atoms with E-state index in [0.29, 0.717) is 5.69 Å². The van der Waals surface area contributed by atoms with E-state index in [2.05, 4.69) is 0 Å². The highest BCUT2D eigenvalue weighted by Gasteiger charge is 2.22. The molecule has 5 nitrogen and oxygen atoms in total. The van der Waals surface area contributed by atoms with Crippen molar-refractivity contribution in [2.45, 2.75) is 12.6 Å². The Kier molecular flexibility index (Phi) is 5.02. The van der Waals surface area contributed by atoms with Crippen molar-refractivity contribution in [1.29, 1.82) is 0 Å². The van der Waals surface area contributed by atoms with Crippen molar-refractivity contribution >= 4 is 37.5 Å². The third kappa shape index (κ3) is 3.83. The second kappa shape index (κ2) is 7.50. The molecule has 150 valence electrons. The van der Waals surface area contributed by atoms with Gasteiger partial charge in [-0.25, -0.2) is 12.8 Å². The lowest BCUT2D eigenvalue weighted by atomic mass is 10.2. The van der Waals surface area contributed by atoms with Crippen molar-refractivity contribution in [1.82, 2.24) is 4.57 Å². The van der Waals surface area contributed by atoms with Crippen LogP contribution in [0.15, 0.2) is 72.8 Å². The number of para-hydroxylation sites is 2. The van der Waals surface area contributed by atoms with E-state index in [4.69, 9.17) is 0 Å². The number of sulfonamides is 1. The molecule has 0 fully saturated rings. The van der Waals surface area contributed by atoms with E-state index in [9.17, 15) is 17.9 Å². The number of aliphatic hydroxyl groups excluding tert-OH is 1. The highest BCUT2D eigenvalue weighted by Crippen LogP contribution is 2.29. The summed E-state index contributed by atoms with van der Waals surface area (Å²) in [5.74, 6) is -0.451. The van der Waals surface area contributed by atoms with Gasteiger partial charge in [-0.3, -0.25) is 4.31 Å². The second-order valence-corrected chi connectivity index (χ2v) is 8.98. The minimum Gasteiger partial charge on any atom is -0.389 e. The molecule has 0 aliphatic carbocycles. The standard InChI is InChI=1S/C22H21FN2O3S/c1-29(27,28)25(17-12-10-16(23)11-13-17)15-18(26)14-24-21-8-4-2-6-19(21)20-7-3-5-9-22(20)24/h2-13,18,26H,14-15H2,1H3/t18-/m1/s1. The highest BCUT2D eigenvalue weighted by atomic mass is 32.2. The fourth-order valence-corrected chi connectivity index (χ4v) is 4.65. The van der Waals surface area contributed by atoms with Gasteiger partial charge in [0, 0.05) is 21.8 Å². The van der Waals surface area contributed by atoms with Crippen molar-refractivity contribution in [2.24, 2.45) is 0 Å². The van der Waals surface area contributed by atoms with Crippen LogP contribution in [0.5, 0.6) is 0 Å². The van der Waals surface area contributed by atoms with Gasteiger partial charge >= 0.3 is 0 Å². The van der Waals surface area contributed by atoms with Gasteiger partial charge in [0.2, 0.25) is 10.0 Å². The SMILES string of the molecule is CS(=O)(=O)N(C[C@H](O)Cn1c2ccccc2c2ccccc21)c1ccc(F)cc1. The van der Waals surface area contributed by atoms with Crippen molar-refractivity contribution in [2.75, 3.05) is 17.1 Å². The molecule has 0 unspecified atom stereocenters. The number of aliphatic hydroxyl groups is 1. The number of anilines is 1. The maximum atomic E-state index is 13.2. The molecule has 0 spiro atoms. The minimum absolute atomic E-state index is 0.134. The van der Waals surface area contributed by atoms with Gasteiger partial charge in [0.15, 0.2) is 0 Å². The molecule has 1 heterocycles. The fraction of sp³-hybridized carbons (Fsp3) is 0.182. The van der Waals surface area contributed by atoms with Gasteiger partial charge in [-0.1, -0.05) is 36.4 Å². The van der Waals surface area contributed by atoms with E-state index in [-0.39, 0.29) is 13.1 Å². The van der Waals surface area contributed by atoms with Crippen LogP contribution >= 0.6 is 0 Å². The summed E-state index contributed by atoms with van der Waals surface area (Å²) in [6.07, 6.45) is 0.109. The fourth-order valence-electron chi connectivity index (χ4n) is 3.70. The average Bonchev–Trinajstić information content (AvgIpc) is 3.00. The van der Waals surface area contributed by atoms with Crippen LogP contribution in [-0.4, -0.2) is 37.0 Å². The lowest BCUT2D eigenvalue weighted by Crippen LogP contribution is -2.38. The van der Waals surface area contributed by atoms with Crippen molar-refractivity contribution in [3.05, 3.63) is 78.6 Å². The number of aromatic nitrogens is 1. The zero-order valence-corrected chi connectivity index (χ0v) is 16.7. The molecule has 29 heavy (non-hydrogen) atoms. The lowest BCUT2D eigenvalue weighted by Gasteiger charge is -2.25. The van der Waals surface area contributed by atoms with Crippen LogP contribution in [0.4, 0.5) is 10.1 Å². The number of rotatable bonds is 6. The summed E-state index contributed by atoms with van der Waals surface area (Å²) < 4.78 is 40.9. The smallest absolute Gasteiger partial charge is 0.232 e. The molecule has 1 atom stereocenters. The second-order valence-electron chi connectivity index (χ2n) is 7.07. The Bertz CT molecular complexity index is 1210. The Morgan fingerprint density at radius 1 is 0.931 bits per heavy atom. The largest absolute Gasteiger partial charge is 0.389 e. The molecule has 0 aliphatic heterocycles. The first-order chi connectivity index (χ1) is 13.8. The summed E-state index contributed by atoms with van der Waals surface area (Å²) >= 11 is 0. The van der Waals surface area contributed by atoms with E-state index in [1.165, 1.54) is 24.3 Å². The first-order valence-electron chi connectivity index (χ1n) is 9.22. The molecular weight excluding hydrogens is 391 g/mol. The molecule has 7 heteroatoms. The van der Waals surface area contributed by atoms with Crippen LogP contribution in [0.25, 0.3) is 21.8 Å². The molecule has 0 saturated heterocycles. The van der Waals surface area contributed by atoms with Gasteiger partial charge in [0.25, 0.3) is 0 Å². The highest BCUT2D eigenvalue weighted by molar-refractivity contribution is 7.92. The first kappa shape index (κ1) is 19.4. The summed E-state index contributed by atoms with van der Waals surface area (Å²) in [5, 5.41) is 12.9. The first-order valence-corrected chi connectivity index (χ1v) is 11.1. The molecule has 0 aliphatic rings. The maximum Gasteiger partial charge on any atom is 0.232 e. The number of halogens is 1. The monoisotopic (exact) mass is 412 g/mol. The van der Waals surface area contributed by atoms with E-state index < -0.39 is 21.9 Å². The van der Waals surface area contributed by atoms with Gasteiger partial charge in [-0.15, -0.1) is 0 Å². The summed E-state index contributed by atoms with van der Waals surface area (Å²) in [6, 6.07) is 21.0. The molecule has 0 saturated carbocycles. The van der Waals surface area contributed by atoms with Gasteiger partial charge < -0.3 is 9.67 Å². The van der Waals surface area contributed by atoms with Crippen LogP contribution < -0.4 is 4.31 Å². The topological polar surface area (TPSA) is 62.5 Å². The van der Waals surface area contributed by atoms with Gasteiger partial charge in [0.1, 0.15) is 5.82 Å². The molecule has 0 bridgehead atoms. The predicted molar refractivity (Wildman–Crippen MR) is 114 cm³/mol. The Labute approximate surface area is 168 Å². The molecule has 0 radical (unpaired) electrons. The van der Waals surface area contributed by atoms with Crippen molar-refractivity contribution in [3.8, 4) is 0 Å². The van der Waals surface area contributed by atoms with Crippen LogP contribution in [0, 0.1) is 5.82 Å². The number of benzene rings is 3. The molecule has 1 aromatic heterocycles. The van der Waals surface area contributed by atoms with Crippen molar-refractivity contribution in [3.63, 3.8) is 0 Å². The molecular formula is C22H21FN2O3S. The Balaban J connectivity index is 1.68. The van der Waals surface area contributed by atoms with Crippen LogP contribution in [0.2, 0.25) is 0 Å². The Morgan fingerprint density at radius 2 is 1.45 bits per heavy atom. The lowest BCUT2D eigenvalue weighted by molar-refractivity contribution is 0.166. The Morgan fingerprint density at radius 3 is 1.97 bits per heavy atom. The number of hydrogen-bond acceptors (Lipinski definition) is 3. The zero-order chi connectivity index (χ0) is 20.6. The number of fused-ring (bicyclic) bond motifs is 3. The van der Waals surface area contributed by atoms with E-state index in [1.54, 1.807) is 0 Å². The summed E-state index contributed by atoms with van der Waals surface area (Å²) in [7, 11) is -3.65. The molecule has 3 aromatic carbocycles. The molecule has 4 aromatic rings. The van der Waals surface area contributed by atoms with Gasteiger partial charge in [-0.2, -0.15) is 0 Å². The quantitative estimate of drug-likeness (QED) is 0.525. The minimum atomic E-state index is -3.65. The molecule has 0 amide bonds. The molecule has 1 N–H and O–H groups in total. The van der Waals surface area contributed by atoms with E-state index >= 15 is 0 Å².